The van der Waals surface area contributed by atoms with E-state index in [0.29, 0.717) is 0 Å². The molecular formula is C5H11O8P. The summed E-state index contributed by atoms with van der Waals surface area (Å²) in [5, 5.41) is 8.64. The number of hydrogen-bond donors (Lipinski definition) is 3. The van der Waals surface area contributed by atoms with E-state index in [1.165, 1.54) is 0 Å². The largest absolute Gasteiger partial charge is 0.477 e. The Balaban J connectivity index is 4.53. The molecule has 0 aliphatic rings. The van der Waals surface area contributed by atoms with Crippen molar-refractivity contribution in [2.75, 3.05) is 20.8 Å². The quantitative estimate of drug-likeness (QED) is 0.399. The van der Waals surface area contributed by atoms with E-state index < -0.39 is 26.2 Å². The lowest BCUT2D eigenvalue weighted by molar-refractivity contribution is -0.235. The molecule has 3 N–H and O–H groups in total. The molecule has 0 atom stereocenters. The van der Waals surface area contributed by atoms with Gasteiger partial charge in [-0.3, -0.25) is 4.52 Å². The first kappa shape index (κ1) is 13.5. The molecule has 0 unspecified atom stereocenters. The van der Waals surface area contributed by atoms with Crippen LogP contribution in [0.5, 0.6) is 0 Å². The van der Waals surface area contributed by atoms with Crippen LogP contribution in [0.15, 0.2) is 0 Å². The topological polar surface area (TPSA) is 123 Å². The molecule has 0 bridgehead atoms. The Bertz CT molecular complexity index is 240. The minimum absolute atomic E-state index is 0.917. The Hall–Kier alpha value is -0.500. The maximum absolute atomic E-state index is 10.6. The van der Waals surface area contributed by atoms with Crippen LogP contribution in [-0.4, -0.2) is 47.5 Å². The smallest absolute Gasteiger partial charge is 0.469 e. The van der Waals surface area contributed by atoms with Crippen LogP contribution in [0.2, 0.25) is 0 Å². The summed E-state index contributed by atoms with van der Waals surface area (Å²) in [6.45, 7) is -0.917. The fourth-order valence-electron chi connectivity index (χ4n) is 0.607. The van der Waals surface area contributed by atoms with Gasteiger partial charge in [-0.25, -0.2) is 9.36 Å². The average molecular weight is 230 g/mol. The van der Waals surface area contributed by atoms with Gasteiger partial charge in [0.05, 0.1) is 0 Å². The molecule has 14 heavy (non-hydrogen) atoms. The maximum Gasteiger partial charge on any atom is 0.469 e. The van der Waals surface area contributed by atoms with Crippen LogP contribution < -0.4 is 0 Å². The highest BCUT2D eigenvalue weighted by Crippen LogP contribution is 2.37. The summed E-state index contributed by atoms with van der Waals surface area (Å²) in [5.74, 6) is -3.75. The molecule has 0 fully saturated rings. The van der Waals surface area contributed by atoms with Gasteiger partial charge < -0.3 is 24.4 Å². The van der Waals surface area contributed by atoms with Gasteiger partial charge >= 0.3 is 13.8 Å². The van der Waals surface area contributed by atoms with E-state index in [0.717, 1.165) is 14.2 Å². The molecule has 84 valence electrons. The van der Waals surface area contributed by atoms with Crippen molar-refractivity contribution in [1.82, 2.24) is 0 Å². The van der Waals surface area contributed by atoms with Crippen LogP contribution in [0.3, 0.4) is 0 Å². The van der Waals surface area contributed by atoms with Crippen molar-refractivity contribution in [3.8, 4) is 0 Å². The van der Waals surface area contributed by atoms with Crippen molar-refractivity contribution >= 4 is 13.8 Å². The highest BCUT2D eigenvalue weighted by Gasteiger charge is 2.41. The normalized spacial score (nSPS) is 12.9. The van der Waals surface area contributed by atoms with Crippen LogP contribution >= 0.6 is 7.82 Å². The van der Waals surface area contributed by atoms with Crippen LogP contribution in [0.25, 0.3) is 0 Å². The summed E-state index contributed by atoms with van der Waals surface area (Å²) in [5.41, 5.74) is 0. The second-order valence-electron chi connectivity index (χ2n) is 2.23. The zero-order chi connectivity index (χ0) is 11.4. The first-order chi connectivity index (χ1) is 6.27. The number of rotatable bonds is 6. The molecule has 0 aromatic rings. The summed E-state index contributed by atoms with van der Waals surface area (Å²) >= 11 is 0. The van der Waals surface area contributed by atoms with Gasteiger partial charge in [0.15, 0.2) is 0 Å². The lowest BCUT2D eigenvalue weighted by Gasteiger charge is -2.25. The van der Waals surface area contributed by atoms with E-state index in [9.17, 15) is 9.36 Å². The summed E-state index contributed by atoms with van der Waals surface area (Å²) in [4.78, 5) is 27.3. The molecule has 0 spiro atoms. The summed E-state index contributed by atoms with van der Waals surface area (Å²) < 4.78 is 23.2. The standard InChI is InChI=1S/C5H11O8P/c1-11-5(12-2,4(6)7)3-13-14(8,9)10/h3H2,1-2H3,(H,6,7)(H2,8,9,10). The fraction of sp³-hybridized carbons (Fsp3) is 0.800. The van der Waals surface area contributed by atoms with Gasteiger partial charge in [-0.2, -0.15) is 0 Å². The monoisotopic (exact) mass is 230 g/mol. The number of methoxy groups -OCH3 is 2. The van der Waals surface area contributed by atoms with Crippen molar-refractivity contribution in [2.24, 2.45) is 0 Å². The molecule has 0 radical (unpaired) electrons. The number of phosphoric acid groups is 1. The van der Waals surface area contributed by atoms with Crippen molar-refractivity contribution < 1.29 is 38.3 Å². The minimum Gasteiger partial charge on any atom is -0.477 e. The summed E-state index contributed by atoms with van der Waals surface area (Å²) in [7, 11) is -2.72. The van der Waals surface area contributed by atoms with E-state index in [1.807, 2.05) is 0 Å². The average Bonchev–Trinajstić information content (AvgIpc) is 2.04. The number of aliphatic carboxylic acids is 1. The Morgan fingerprint density at radius 2 is 1.79 bits per heavy atom. The zero-order valence-corrected chi connectivity index (χ0v) is 8.43. The Kier molecular flexibility index (Phi) is 4.66. The first-order valence-electron chi connectivity index (χ1n) is 3.31. The van der Waals surface area contributed by atoms with Crippen molar-refractivity contribution in [2.45, 2.75) is 5.79 Å². The third-order valence-electron chi connectivity index (χ3n) is 1.41. The third kappa shape index (κ3) is 3.70. The number of carboxylic acid groups (broad SMARTS) is 1. The van der Waals surface area contributed by atoms with Gasteiger partial charge in [0.1, 0.15) is 6.61 Å². The van der Waals surface area contributed by atoms with Crippen molar-refractivity contribution in [3.63, 3.8) is 0 Å². The molecule has 0 aliphatic heterocycles. The van der Waals surface area contributed by atoms with E-state index in [-0.39, 0.29) is 0 Å². The zero-order valence-electron chi connectivity index (χ0n) is 7.54. The number of phosphoric ester groups is 1. The molecule has 0 amide bonds. The van der Waals surface area contributed by atoms with E-state index in [1.54, 1.807) is 0 Å². The Morgan fingerprint density at radius 1 is 1.36 bits per heavy atom. The molecule has 0 rings (SSSR count). The highest BCUT2D eigenvalue weighted by molar-refractivity contribution is 7.46. The number of hydrogen-bond acceptors (Lipinski definition) is 5. The summed E-state index contributed by atoms with van der Waals surface area (Å²) in [6.07, 6.45) is 0. The number of carboxylic acids is 1. The second-order valence-corrected chi connectivity index (χ2v) is 3.47. The van der Waals surface area contributed by atoms with E-state index >= 15 is 0 Å². The first-order valence-corrected chi connectivity index (χ1v) is 4.84. The molecule has 8 nitrogen and oxygen atoms in total. The molecule has 9 heteroatoms. The second kappa shape index (κ2) is 4.83. The number of ether oxygens (including phenoxy) is 2. The lowest BCUT2D eigenvalue weighted by Crippen LogP contribution is -2.46. The molecule has 0 aliphatic carbocycles. The van der Waals surface area contributed by atoms with Gasteiger partial charge in [-0.15, -0.1) is 0 Å². The molecule has 0 aromatic carbocycles. The van der Waals surface area contributed by atoms with Crippen molar-refractivity contribution in [1.29, 1.82) is 0 Å². The van der Waals surface area contributed by atoms with Crippen LogP contribution in [0, 0.1) is 0 Å². The number of carbonyl (C=O) groups is 1. The Morgan fingerprint density at radius 3 is 2.00 bits per heavy atom. The van der Waals surface area contributed by atoms with Gasteiger partial charge in [0.2, 0.25) is 0 Å². The molecule has 0 heterocycles. The van der Waals surface area contributed by atoms with Gasteiger partial charge in [0.25, 0.3) is 5.79 Å². The fourth-order valence-corrected chi connectivity index (χ4v) is 0.945. The van der Waals surface area contributed by atoms with E-state index in [4.69, 9.17) is 14.9 Å². The summed E-state index contributed by atoms with van der Waals surface area (Å²) in [6, 6.07) is 0. The molecule has 0 saturated carbocycles. The van der Waals surface area contributed by atoms with Crippen LogP contribution in [0.4, 0.5) is 0 Å². The highest BCUT2D eigenvalue weighted by atomic mass is 31.2. The SMILES string of the molecule is COC(COP(=O)(O)O)(OC)C(=O)O. The minimum atomic E-state index is -4.75. The maximum atomic E-state index is 10.6. The van der Waals surface area contributed by atoms with Gasteiger partial charge in [-0.05, 0) is 0 Å². The lowest BCUT2D eigenvalue weighted by atomic mass is 10.3. The predicted molar refractivity (Wildman–Crippen MR) is 42.4 cm³/mol. The predicted octanol–water partition coefficient (Wildman–Crippen LogP) is -0.831. The van der Waals surface area contributed by atoms with E-state index in [2.05, 4.69) is 14.0 Å². The van der Waals surface area contributed by atoms with Gasteiger partial charge in [-0.1, -0.05) is 0 Å². The van der Waals surface area contributed by atoms with Gasteiger partial charge in [0, 0.05) is 14.2 Å². The molecule has 0 saturated heterocycles. The molecular weight excluding hydrogens is 219 g/mol. The van der Waals surface area contributed by atoms with Crippen LogP contribution in [-0.2, 0) is 23.4 Å². The Labute approximate surface area is 79.6 Å². The van der Waals surface area contributed by atoms with Crippen LogP contribution in [0.1, 0.15) is 0 Å². The molecule has 0 aromatic heterocycles. The van der Waals surface area contributed by atoms with Crippen molar-refractivity contribution in [3.05, 3.63) is 0 Å². The third-order valence-corrected chi connectivity index (χ3v) is 1.87.